The Morgan fingerprint density at radius 2 is 1.36 bits per heavy atom. The van der Waals surface area contributed by atoms with Gasteiger partial charge in [0.25, 0.3) is 0 Å². The number of imidazole rings is 2. The molecule has 9 heteroatoms. The molecular weight excluding hydrogens is 420 g/mol. The predicted octanol–water partition coefficient (Wildman–Crippen LogP) is 3.56. The van der Waals surface area contributed by atoms with Gasteiger partial charge < -0.3 is 25.3 Å². The third kappa shape index (κ3) is 14.9. The SMILES string of the molecule is CCC(CC)C(=O)NCCCn1ccnc1.CCC(CC)C(=O)O.NCCCn1ccnc1. The van der Waals surface area contributed by atoms with Crippen molar-refractivity contribution in [1.82, 2.24) is 24.4 Å². The Kier molecular flexibility index (Phi) is 18.3. The highest BCUT2D eigenvalue weighted by Crippen LogP contribution is 2.07. The Morgan fingerprint density at radius 1 is 0.879 bits per heavy atom. The predicted molar refractivity (Wildman–Crippen MR) is 132 cm³/mol. The van der Waals surface area contributed by atoms with E-state index in [1.54, 1.807) is 25.0 Å². The van der Waals surface area contributed by atoms with Gasteiger partial charge in [0.05, 0.1) is 18.6 Å². The molecule has 0 bridgehead atoms. The van der Waals surface area contributed by atoms with E-state index in [0.717, 1.165) is 64.7 Å². The number of amides is 1. The van der Waals surface area contributed by atoms with Gasteiger partial charge >= 0.3 is 5.97 Å². The largest absolute Gasteiger partial charge is 0.481 e. The van der Waals surface area contributed by atoms with Crippen molar-refractivity contribution in [3.63, 3.8) is 0 Å². The molecule has 2 aromatic heterocycles. The smallest absolute Gasteiger partial charge is 0.306 e. The first-order valence-corrected chi connectivity index (χ1v) is 12.0. The van der Waals surface area contributed by atoms with Crippen molar-refractivity contribution in [3.05, 3.63) is 37.4 Å². The first-order chi connectivity index (χ1) is 15.9. The lowest BCUT2D eigenvalue weighted by Crippen LogP contribution is -2.31. The van der Waals surface area contributed by atoms with Crippen LogP contribution < -0.4 is 11.1 Å². The van der Waals surface area contributed by atoms with Gasteiger partial charge in [-0.1, -0.05) is 27.7 Å². The number of nitrogens with zero attached hydrogens (tertiary/aromatic N) is 4. The molecule has 2 rings (SSSR count). The number of aliphatic carboxylic acids is 1. The minimum atomic E-state index is -0.671. The Hall–Kier alpha value is -2.68. The molecule has 33 heavy (non-hydrogen) atoms. The quantitative estimate of drug-likeness (QED) is 0.389. The maximum atomic E-state index is 11.6. The average Bonchev–Trinajstić information content (AvgIpc) is 3.52. The number of carboxylic acids is 1. The van der Waals surface area contributed by atoms with E-state index in [1.165, 1.54) is 0 Å². The van der Waals surface area contributed by atoms with E-state index in [4.69, 9.17) is 10.8 Å². The fourth-order valence-electron chi connectivity index (χ4n) is 3.03. The summed E-state index contributed by atoms with van der Waals surface area (Å²) in [7, 11) is 0. The van der Waals surface area contributed by atoms with E-state index < -0.39 is 5.97 Å². The molecule has 2 aromatic rings. The van der Waals surface area contributed by atoms with Crippen LogP contribution in [-0.4, -0.2) is 49.2 Å². The molecule has 0 saturated carbocycles. The minimum Gasteiger partial charge on any atom is -0.481 e. The Bertz CT molecular complexity index is 696. The van der Waals surface area contributed by atoms with Crippen LogP contribution in [0.15, 0.2) is 37.4 Å². The van der Waals surface area contributed by atoms with Crippen LogP contribution in [0, 0.1) is 11.8 Å². The van der Waals surface area contributed by atoms with Crippen molar-refractivity contribution in [1.29, 1.82) is 0 Å². The van der Waals surface area contributed by atoms with Gasteiger partial charge in [-0.3, -0.25) is 9.59 Å². The van der Waals surface area contributed by atoms with E-state index in [2.05, 4.69) is 29.1 Å². The maximum Gasteiger partial charge on any atom is 0.306 e. The zero-order valence-corrected chi connectivity index (χ0v) is 20.8. The second kappa shape index (κ2) is 20.0. The highest BCUT2D eigenvalue weighted by atomic mass is 16.4. The standard InChI is InChI=1S/C12H21N3O.C6H11N3.C6H12O2/c1-3-11(4-2)12(16)14-6-5-8-15-9-7-13-10-15;7-2-1-4-9-5-3-8-6-9;1-3-5(4-2)6(7)8/h7,9-11H,3-6,8H2,1-2H3,(H,14,16);3,5-6H,1-2,4,7H2;5H,3-4H2,1-2H3,(H,7,8). The summed E-state index contributed by atoms with van der Waals surface area (Å²) in [4.78, 5) is 29.7. The molecule has 2 heterocycles. The van der Waals surface area contributed by atoms with Crippen LogP contribution in [0.4, 0.5) is 0 Å². The molecular formula is C24H44N6O3. The van der Waals surface area contributed by atoms with Crippen LogP contribution in [0.25, 0.3) is 0 Å². The zero-order chi connectivity index (χ0) is 24.9. The van der Waals surface area contributed by atoms with Gasteiger partial charge in [-0.05, 0) is 45.1 Å². The number of aryl methyl sites for hydroxylation is 2. The summed E-state index contributed by atoms with van der Waals surface area (Å²) in [6, 6.07) is 0. The number of carbonyl (C=O) groups is 2. The van der Waals surface area contributed by atoms with Gasteiger partial charge in [0.2, 0.25) is 5.91 Å². The molecule has 9 nitrogen and oxygen atoms in total. The molecule has 0 aromatic carbocycles. The lowest BCUT2D eigenvalue weighted by molar-refractivity contribution is -0.141. The van der Waals surface area contributed by atoms with Crippen molar-refractivity contribution < 1.29 is 14.7 Å². The van der Waals surface area contributed by atoms with Gasteiger partial charge in [-0.25, -0.2) is 9.97 Å². The number of carboxylic acid groups (broad SMARTS) is 1. The first-order valence-electron chi connectivity index (χ1n) is 12.0. The number of rotatable bonds is 13. The van der Waals surface area contributed by atoms with E-state index in [9.17, 15) is 9.59 Å². The van der Waals surface area contributed by atoms with E-state index in [1.807, 2.05) is 35.4 Å². The molecule has 0 fully saturated rings. The molecule has 0 aliphatic carbocycles. The van der Waals surface area contributed by atoms with Crippen LogP contribution in [-0.2, 0) is 22.7 Å². The lowest BCUT2D eigenvalue weighted by atomic mass is 10.0. The highest BCUT2D eigenvalue weighted by Gasteiger charge is 2.12. The van der Waals surface area contributed by atoms with Crippen LogP contribution in [0.2, 0.25) is 0 Å². The van der Waals surface area contributed by atoms with Crippen LogP contribution >= 0.6 is 0 Å². The molecule has 0 spiro atoms. The van der Waals surface area contributed by atoms with Crippen molar-refractivity contribution in [2.45, 2.75) is 79.3 Å². The number of nitrogens with two attached hydrogens (primary N) is 1. The summed E-state index contributed by atoms with van der Waals surface area (Å²) < 4.78 is 4.04. The summed E-state index contributed by atoms with van der Waals surface area (Å²) in [5, 5.41) is 11.3. The first kappa shape index (κ1) is 30.3. The normalized spacial score (nSPS) is 10.3. The van der Waals surface area contributed by atoms with Gasteiger partial charge in [-0.2, -0.15) is 0 Å². The molecule has 0 radical (unpaired) electrons. The molecule has 0 aliphatic heterocycles. The fraction of sp³-hybridized carbons (Fsp3) is 0.667. The van der Waals surface area contributed by atoms with Gasteiger partial charge in [0.15, 0.2) is 0 Å². The fourth-order valence-corrected chi connectivity index (χ4v) is 3.03. The summed E-state index contributed by atoms with van der Waals surface area (Å²) in [6.45, 7) is 11.3. The lowest BCUT2D eigenvalue weighted by Gasteiger charge is -2.12. The van der Waals surface area contributed by atoms with Crippen molar-refractivity contribution in [3.8, 4) is 0 Å². The van der Waals surface area contributed by atoms with E-state index >= 15 is 0 Å². The van der Waals surface area contributed by atoms with E-state index in [-0.39, 0.29) is 17.7 Å². The van der Waals surface area contributed by atoms with Crippen LogP contribution in [0.5, 0.6) is 0 Å². The highest BCUT2D eigenvalue weighted by molar-refractivity contribution is 5.78. The molecule has 1 amide bonds. The molecule has 0 unspecified atom stereocenters. The summed E-state index contributed by atoms with van der Waals surface area (Å²) >= 11 is 0. The van der Waals surface area contributed by atoms with Crippen molar-refractivity contribution in [2.24, 2.45) is 17.6 Å². The third-order valence-electron chi connectivity index (χ3n) is 5.32. The van der Waals surface area contributed by atoms with Crippen LogP contribution in [0.3, 0.4) is 0 Å². The summed E-state index contributed by atoms with van der Waals surface area (Å²) in [5.41, 5.74) is 5.31. The monoisotopic (exact) mass is 464 g/mol. The van der Waals surface area contributed by atoms with Gasteiger partial charge in [0.1, 0.15) is 0 Å². The average molecular weight is 465 g/mol. The van der Waals surface area contributed by atoms with Gasteiger partial charge in [0, 0.05) is 50.3 Å². The summed E-state index contributed by atoms with van der Waals surface area (Å²) in [6.07, 6.45) is 16.3. The zero-order valence-electron chi connectivity index (χ0n) is 20.8. The van der Waals surface area contributed by atoms with Crippen molar-refractivity contribution in [2.75, 3.05) is 13.1 Å². The second-order valence-electron chi connectivity index (χ2n) is 7.75. The Morgan fingerprint density at radius 3 is 1.70 bits per heavy atom. The third-order valence-corrected chi connectivity index (χ3v) is 5.32. The maximum absolute atomic E-state index is 11.6. The number of nitrogens with one attached hydrogen (secondary N) is 1. The molecule has 0 aliphatic rings. The van der Waals surface area contributed by atoms with Gasteiger partial charge in [-0.15, -0.1) is 0 Å². The number of hydrogen-bond acceptors (Lipinski definition) is 5. The van der Waals surface area contributed by atoms with E-state index in [0.29, 0.717) is 0 Å². The summed E-state index contributed by atoms with van der Waals surface area (Å²) in [5.74, 6) is -0.436. The topological polar surface area (TPSA) is 128 Å². The molecule has 188 valence electrons. The molecule has 0 atom stereocenters. The van der Waals surface area contributed by atoms with Crippen LogP contribution in [0.1, 0.15) is 66.2 Å². The number of aromatic nitrogens is 4. The van der Waals surface area contributed by atoms with Crippen molar-refractivity contribution >= 4 is 11.9 Å². The molecule has 0 saturated heterocycles. The Labute approximate surface area is 198 Å². The number of hydrogen-bond donors (Lipinski definition) is 3. The second-order valence-corrected chi connectivity index (χ2v) is 7.75. The molecule has 4 N–H and O–H groups in total. The number of carbonyl (C=O) groups excluding carboxylic acids is 1. The minimum absolute atomic E-state index is 0.130. The Balaban J connectivity index is 0.000000511.